The molecule has 0 aliphatic carbocycles. The van der Waals surface area contributed by atoms with E-state index in [1.165, 1.54) is 43.4 Å². The van der Waals surface area contributed by atoms with Crippen LogP contribution in [-0.4, -0.2) is 54.5 Å². The molecule has 0 amide bonds. The van der Waals surface area contributed by atoms with E-state index in [0.29, 0.717) is 11.5 Å². The van der Waals surface area contributed by atoms with Gasteiger partial charge in [0.25, 0.3) is 0 Å². The van der Waals surface area contributed by atoms with Crippen LogP contribution in [0.4, 0.5) is 0 Å². The summed E-state index contributed by atoms with van der Waals surface area (Å²) in [6.07, 6.45) is 16.1. The summed E-state index contributed by atoms with van der Waals surface area (Å²) in [6, 6.07) is 3.31. The number of unbranched alkanes of at least 4 members (excludes halogenated alkanes) is 5. The molecule has 0 heterocycles. The summed E-state index contributed by atoms with van der Waals surface area (Å²) in [5.41, 5.74) is 1.50. The van der Waals surface area contributed by atoms with Crippen molar-refractivity contribution in [2.24, 2.45) is 11.8 Å². The molecule has 0 saturated carbocycles. The highest BCUT2D eigenvalue weighted by Crippen LogP contribution is 2.22. The van der Waals surface area contributed by atoms with Crippen molar-refractivity contribution in [3.05, 3.63) is 59.2 Å². The molecule has 0 radical (unpaired) electrons. The van der Waals surface area contributed by atoms with E-state index in [0.717, 1.165) is 37.8 Å². The number of phenols is 2. The predicted molar refractivity (Wildman–Crippen MR) is 173 cm³/mol. The maximum Gasteiger partial charge on any atom is 0.339 e. The second-order valence-electron chi connectivity index (χ2n) is 10.9. The Morgan fingerprint density at radius 2 is 1.43 bits per heavy atom. The van der Waals surface area contributed by atoms with Crippen molar-refractivity contribution in [1.29, 1.82) is 0 Å². The molecule has 0 aliphatic heterocycles. The molecule has 0 aliphatic rings. The highest BCUT2D eigenvalue weighted by Gasteiger charge is 2.08. The largest absolute Gasteiger partial charge is 0.508 e. The van der Waals surface area contributed by atoms with Gasteiger partial charge in [-0.1, -0.05) is 77.2 Å². The molecule has 6 N–H and O–H groups in total. The predicted octanol–water partition coefficient (Wildman–Crippen LogP) is 8.30. The van der Waals surface area contributed by atoms with Gasteiger partial charge >= 0.3 is 23.9 Å². The third kappa shape index (κ3) is 32.4. The molecule has 1 rings (SSSR count). The fourth-order valence-corrected chi connectivity index (χ4v) is 3.38. The topological polar surface area (TPSA) is 190 Å². The third-order valence-electron chi connectivity index (χ3n) is 5.60. The molecular weight excluding hydrogens is 568 g/mol. The number of phenolic OH excluding ortho intramolecular Hbond substituents is 1. The van der Waals surface area contributed by atoms with E-state index in [4.69, 9.17) is 30.6 Å². The van der Waals surface area contributed by atoms with Crippen LogP contribution >= 0.6 is 0 Å². The summed E-state index contributed by atoms with van der Waals surface area (Å²) in [5.74, 6) is -3.57. The van der Waals surface area contributed by atoms with Gasteiger partial charge in [-0.15, -0.1) is 0 Å². The van der Waals surface area contributed by atoms with Gasteiger partial charge in [-0.25, -0.2) is 14.4 Å². The lowest BCUT2D eigenvalue weighted by Gasteiger charge is -2.05. The highest BCUT2D eigenvalue weighted by molar-refractivity contribution is 5.90. The highest BCUT2D eigenvalue weighted by atomic mass is 16.4. The van der Waals surface area contributed by atoms with Gasteiger partial charge in [-0.3, -0.25) is 4.79 Å². The van der Waals surface area contributed by atoms with Gasteiger partial charge in [-0.2, -0.15) is 0 Å². The SMILES string of the molecule is CC(=CC(C)C)C(=O)O.CC(C)=CCCC(C)CC(=O)O.CCCCCCC/C=C/C(=O)O.O=C(O)c1ccc(O)cc1O. The minimum Gasteiger partial charge on any atom is -0.508 e. The summed E-state index contributed by atoms with van der Waals surface area (Å²) in [6.45, 7) is 13.8. The first-order chi connectivity index (χ1) is 20.4. The molecule has 0 spiro atoms. The molecule has 1 aromatic carbocycles. The molecule has 1 unspecified atom stereocenters. The molecule has 1 atom stereocenters. The number of hydrogen-bond acceptors (Lipinski definition) is 6. The first-order valence-electron chi connectivity index (χ1n) is 14.9. The number of allylic oxidation sites excluding steroid dienone is 4. The summed E-state index contributed by atoms with van der Waals surface area (Å²) < 4.78 is 0. The normalized spacial score (nSPS) is 11.1. The Morgan fingerprint density at radius 3 is 1.84 bits per heavy atom. The number of carbonyl (C=O) groups is 4. The summed E-state index contributed by atoms with van der Waals surface area (Å²) in [7, 11) is 0. The van der Waals surface area contributed by atoms with E-state index in [1.54, 1.807) is 19.1 Å². The lowest BCUT2D eigenvalue weighted by molar-refractivity contribution is -0.138. The molecule has 0 aromatic heterocycles. The van der Waals surface area contributed by atoms with Crippen molar-refractivity contribution in [2.75, 3.05) is 0 Å². The van der Waals surface area contributed by atoms with E-state index < -0.39 is 29.6 Å². The van der Waals surface area contributed by atoms with Gasteiger partial charge in [-0.05, 0) is 70.4 Å². The van der Waals surface area contributed by atoms with Crippen LogP contribution in [0, 0.1) is 11.8 Å². The third-order valence-corrected chi connectivity index (χ3v) is 5.60. The van der Waals surface area contributed by atoms with Crippen molar-refractivity contribution < 1.29 is 49.8 Å². The van der Waals surface area contributed by atoms with Gasteiger partial charge in [0.05, 0.1) is 0 Å². The van der Waals surface area contributed by atoms with E-state index in [1.807, 2.05) is 20.8 Å². The maximum atomic E-state index is 10.3. The van der Waals surface area contributed by atoms with E-state index in [9.17, 15) is 19.2 Å². The summed E-state index contributed by atoms with van der Waals surface area (Å²) in [4.78, 5) is 40.8. The number of aliphatic carboxylic acids is 3. The van der Waals surface area contributed by atoms with Crippen molar-refractivity contribution in [2.45, 2.75) is 106 Å². The average Bonchev–Trinajstić information content (AvgIpc) is 2.88. The van der Waals surface area contributed by atoms with Gasteiger partial charge < -0.3 is 30.6 Å². The Balaban J connectivity index is -0.000000512. The van der Waals surface area contributed by atoms with Crippen LogP contribution in [0.1, 0.15) is 117 Å². The Labute approximate surface area is 262 Å². The van der Waals surface area contributed by atoms with Crippen molar-refractivity contribution in [3.8, 4) is 11.5 Å². The van der Waals surface area contributed by atoms with Crippen LogP contribution in [0.15, 0.2) is 53.6 Å². The molecule has 0 fully saturated rings. The molecule has 1 aromatic rings. The van der Waals surface area contributed by atoms with Gasteiger partial charge in [0.15, 0.2) is 0 Å². The zero-order valence-electron chi connectivity index (χ0n) is 27.4. The summed E-state index contributed by atoms with van der Waals surface area (Å²) in [5, 5.41) is 51.2. The molecular formula is C34H54O10. The second kappa shape index (κ2) is 27.7. The second-order valence-corrected chi connectivity index (χ2v) is 10.9. The maximum absolute atomic E-state index is 10.3. The van der Waals surface area contributed by atoms with Gasteiger partial charge in [0, 0.05) is 24.1 Å². The number of rotatable bonds is 15. The van der Waals surface area contributed by atoms with Crippen LogP contribution in [-0.2, 0) is 14.4 Å². The Bertz CT molecular complexity index is 1060. The molecule has 250 valence electrons. The monoisotopic (exact) mass is 622 g/mol. The number of carboxylic acid groups (broad SMARTS) is 4. The van der Waals surface area contributed by atoms with Crippen LogP contribution in [0.25, 0.3) is 0 Å². The van der Waals surface area contributed by atoms with Gasteiger partial charge in [0.2, 0.25) is 0 Å². The van der Waals surface area contributed by atoms with Crippen LogP contribution in [0.5, 0.6) is 11.5 Å². The smallest absolute Gasteiger partial charge is 0.339 e. The van der Waals surface area contributed by atoms with Crippen LogP contribution in [0.3, 0.4) is 0 Å². The zero-order chi connectivity index (χ0) is 34.7. The molecule has 44 heavy (non-hydrogen) atoms. The zero-order valence-corrected chi connectivity index (χ0v) is 27.4. The number of hydrogen-bond donors (Lipinski definition) is 6. The van der Waals surface area contributed by atoms with Crippen LogP contribution in [0.2, 0.25) is 0 Å². The number of carboxylic acids is 4. The van der Waals surface area contributed by atoms with Crippen LogP contribution < -0.4 is 0 Å². The lowest BCUT2D eigenvalue weighted by Crippen LogP contribution is -2.03. The summed E-state index contributed by atoms with van der Waals surface area (Å²) >= 11 is 0. The Morgan fingerprint density at radius 1 is 0.841 bits per heavy atom. The molecule has 0 bridgehead atoms. The number of aromatic carboxylic acids is 1. The molecule has 0 saturated heterocycles. The average molecular weight is 623 g/mol. The van der Waals surface area contributed by atoms with Crippen molar-refractivity contribution >= 4 is 23.9 Å². The van der Waals surface area contributed by atoms with E-state index in [2.05, 4.69) is 26.8 Å². The number of aromatic hydroxyl groups is 2. The first kappa shape index (κ1) is 44.4. The first-order valence-corrected chi connectivity index (χ1v) is 14.9. The van der Waals surface area contributed by atoms with E-state index >= 15 is 0 Å². The standard InChI is InChI=1S/2C10H18O2.C7H6O4.C7H12O2/c1-8(2)5-4-6-9(3)7-10(11)12;1-2-3-4-5-6-7-8-9-10(11)12;8-4-1-2-5(7(10)11)6(9)3-4;1-5(2)4-6(3)7(8)9/h5,9H,4,6-7H2,1-3H3,(H,11,12);8-9H,2-7H2,1H3,(H,11,12);1-3,8-9H,(H,10,11);4-5H,1-3H3,(H,8,9)/b;9-8+;;. The quantitative estimate of drug-likeness (QED) is 0.0630. The van der Waals surface area contributed by atoms with Gasteiger partial charge in [0.1, 0.15) is 17.1 Å². The van der Waals surface area contributed by atoms with E-state index in [-0.39, 0.29) is 23.7 Å². The number of benzene rings is 1. The Kier molecular flexibility index (Phi) is 28.0. The Hall–Kier alpha value is -4.08. The molecule has 10 nitrogen and oxygen atoms in total. The minimum absolute atomic E-state index is 0.160. The van der Waals surface area contributed by atoms with Crippen molar-refractivity contribution in [3.63, 3.8) is 0 Å². The fourth-order valence-electron chi connectivity index (χ4n) is 3.38. The minimum atomic E-state index is -1.22. The fraction of sp³-hybridized carbons (Fsp3) is 0.529. The van der Waals surface area contributed by atoms with Crippen molar-refractivity contribution in [1.82, 2.24) is 0 Å². The lowest BCUT2D eigenvalue weighted by atomic mass is 10.0. The molecule has 10 heteroatoms.